The topological polar surface area (TPSA) is 77.2 Å². The number of nitrogen functional groups attached to an aromatic ring is 1. The molecule has 0 radical (unpaired) electrons. The van der Waals surface area contributed by atoms with E-state index in [0.29, 0.717) is 23.4 Å². The Morgan fingerprint density at radius 1 is 1.43 bits per heavy atom. The largest absolute Gasteiger partial charge is 0.490 e. The maximum Gasteiger partial charge on any atom is 0.259 e. The third-order valence-corrected chi connectivity index (χ3v) is 3.38. The zero-order chi connectivity index (χ0) is 16.8. The van der Waals surface area contributed by atoms with Gasteiger partial charge in [0.05, 0.1) is 5.56 Å². The number of halogens is 1. The lowest BCUT2D eigenvalue weighted by atomic mass is 10.1. The molecule has 1 unspecified atom stereocenters. The molecule has 0 fully saturated rings. The fourth-order valence-electron chi connectivity index (χ4n) is 2.04. The molecule has 5 nitrogen and oxygen atoms in total. The van der Waals surface area contributed by atoms with Gasteiger partial charge in [-0.05, 0) is 37.1 Å². The number of rotatable bonds is 6. The molecule has 0 bridgehead atoms. The number of nitrogens with two attached hydrogens (primary N) is 1. The Morgan fingerprint density at radius 3 is 2.91 bits per heavy atom. The second kappa shape index (κ2) is 7.58. The van der Waals surface area contributed by atoms with E-state index >= 15 is 0 Å². The van der Waals surface area contributed by atoms with Crippen LogP contribution >= 0.6 is 0 Å². The number of nitrogens with one attached hydrogen (secondary N) is 1. The Hall–Kier alpha value is -2.63. The average Bonchev–Trinajstić information content (AvgIpc) is 2.52. The van der Waals surface area contributed by atoms with Gasteiger partial charge in [0, 0.05) is 18.0 Å². The highest BCUT2D eigenvalue weighted by Gasteiger charge is 2.14. The SMILES string of the molecule is CCC(F)COc1cccc(NC(=O)c2c(C)ccnc2N)c1. The van der Waals surface area contributed by atoms with E-state index in [9.17, 15) is 9.18 Å². The van der Waals surface area contributed by atoms with Gasteiger partial charge in [0.2, 0.25) is 0 Å². The fraction of sp³-hybridized carbons (Fsp3) is 0.294. The Morgan fingerprint density at radius 2 is 2.22 bits per heavy atom. The maximum absolute atomic E-state index is 13.2. The minimum Gasteiger partial charge on any atom is -0.490 e. The number of nitrogens with zero attached hydrogens (tertiary/aromatic N) is 1. The van der Waals surface area contributed by atoms with Gasteiger partial charge in [0.1, 0.15) is 24.3 Å². The number of hydrogen-bond acceptors (Lipinski definition) is 4. The lowest BCUT2D eigenvalue weighted by molar-refractivity contribution is 0.102. The molecular formula is C17H20FN3O2. The molecule has 0 saturated heterocycles. The summed E-state index contributed by atoms with van der Waals surface area (Å²) in [6, 6.07) is 8.52. The fourth-order valence-corrected chi connectivity index (χ4v) is 2.04. The molecule has 1 atom stereocenters. The summed E-state index contributed by atoms with van der Waals surface area (Å²) < 4.78 is 18.6. The first-order chi connectivity index (χ1) is 11.0. The third-order valence-electron chi connectivity index (χ3n) is 3.38. The van der Waals surface area contributed by atoms with Crippen molar-refractivity contribution in [2.75, 3.05) is 17.7 Å². The summed E-state index contributed by atoms with van der Waals surface area (Å²) in [5.74, 6) is 0.329. The zero-order valence-corrected chi connectivity index (χ0v) is 13.2. The summed E-state index contributed by atoms with van der Waals surface area (Å²) in [5, 5.41) is 2.75. The van der Waals surface area contributed by atoms with Crippen LogP contribution in [0.4, 0.5) is 15.9 Å². The van der Waals surface area contributed by atoms with E-state index < -0.39 is 6.17 Å². The number of pyridine rings is 1. The minimum atomic E-state index is -1.01. The van der Waals surface area contributed by atoms with Crippen LogP contribution in [0.15, 0.2) is 36.5 Å². The van der Waals surface area contributed by atoms with Crippen LogP contribution in [0.2, 0.25) is 0 Å². The molecule has 1 aromatic heterocycles. The van der Waals surface area contributed by atoms with Crippen LogP contribution in [0.3, 0.4) is 0 Å². The van der Waals surface area contributed by atoms with Gasteiger partial charge in [-0.25, -0.2) is 9.37 Å². The van der Waals surface area contributed by atoms with Gasteiger partial charge >= 0.3 is 0 Å². The normalized spacial score (nSPS) is 11.8. The lowest BCUT2D eigenvalue weighted by Crippen LogP contribution is -2.16. The zero-order valence-electron chi connectivity index (χ0n) is 13.2. The highest BCUT2D eigenvalue weighted by Crippen LogP contribution is 2.20. The van der Waals surface area contributed by atoms with E-state index in [-0.39, 0.29) is 18.3 Å². The molecule has 0 aliphatic heterocycles. The second-order valence-electron chi connectivity index (χ2n) is 5.19. The number of hydrogen-bond donors (Lipinski definition) is 2. The number of carbonyl (C=O) groups is 1. The van der Waals surface area contributed by atoms with Crippen LogP contribution in [0.25, 0.3) is 0 Å². The quantitative estimate of drug-likeness (QED) is 0.856. The van der Waals surface area contributed by atoms with Crippen molar-refractivity contribution in [1.29, 1.82) is 0 Å². The first-order valence-corrected chi connectivity index (χ1v) is 7.40. The molecular weight excluding hydrogens is 297 g/mol. The standard InChI is InChI=1S/C17H20FN3O2/c1-3-12(18)10-23-14-6-4-5-13(9-14)21-17(22)15-11(2)7-8-20-16(15)19/h4-9,12H,3,10H2,1-2H3,(H2,19,20)(H,21,22). The van der Waals surface area contributed by atoms with Gasteiger partial charge < -0.3 is 15.8 Å². The predicted octanol–water partition coefficient (Wildman–Crippen LogP) is 3.35. The number of alkyl halides is 1. The summed E-state index contributed by atoms with van der Waals surface area (Å²) in [6.45, 7) is 3.53. The van der Waals surface area contributed by atoms with Crippen LogP contribution in [-0.2, 0) is 0 Å². The summed E-state index contributed by atoms with van der Waals surface area (Å²) in [5.41, 5.74) is 7.39. The van der Waals surface area contributed by atoms with Crippen molar-refractivity contribution in [1.82, 2.24) is 4.98 Å². The summed E-state index contributed by atoms with van der Waals surface area (Å²) in [6.07, 6.45) is 0.943. The van der Waals surface area contributed by atoms with Gasteiger partial charge in [0.25, 0.3) is 5.91 Å². The van der Waals surface area contributed by atoms with Crippen LogP contribution in [0.1, 0.15) is 29.3 Å². The summed E-state index contributed by atoms with van der Waals surface area (Å²) >= 11 is 0. The second-order valence-corrected chi connectivity index (χ2v) is 5.19. The van der Waals surface area contributed by atoms with Gasteiger partial charge in [-0.3, -0.25) is 4.79 Å². The Kier molecular flexibility index (Phi) is 5.51. The van der Waals surface area contributed by atoms with E-state index in [4.69, 9.17) is 10.5 Å². The molecule has 0 aliphatic carbocycles. The summed E-state index contributed by atoms with van der Waals surface area (Å²) in [4.78, 5) is 16.3. The van der Waals surface area contributed by atoms with E-state index in [1.165, 1.54) is 0 Å². The van der Waals surface area contributed by atoms with E-state index in [2.05, 4.69) is 10.3 Å². The maximum atomic E-state index is 13.2. The number of ether oxygens (including phenoxy) is 1. The highest BCUT2D eigenvalue weighted by atomic mass is 19.1. The molecule has 1 heterocycles. The highest BCUT2D eigenvalue weighted by molar-refractivity contribution is 6.08. The number of amides is 1. The molecule has 2 aromatic rings. The van der Waals surface area contributed by atoms with Crippen molar-refractivity contribution in [2.45, 2.75) is 26.4 Å². The Labute approximate surface area is 134 Å². The monoisotopic (exact) mass is 317 g/mol. The first kappa shape index (κ1) is 16.7. The van der Waals surface area contributed by atoms with Gasteiger partial charge in [-0.1, -0.05) is 13.0 Å². The van der Waals surface area contributed by atoms with Crippen molar-refractivity contribution in [2.24, 2.45) is 0 Å². The molecule has 2 rings (SSSR count). The predicted molar refractivity (Wildman–Crippen MR) is 88.5 cm³/mol. The molecule has 122 valence electrons. The molecule has 1 aromatic carbocycles. The van der Waals surface area contributed by atoms with Crippen molar-refractivity contribution in [3.05, 3.63) is 47.7 Å². The van der Waals surface area contributed by atoms with E-state index in [0.717, 1.165) is 5.56 Å². The molecule has 0 spiro atoms. The number of aryl methyl sites for hydroxylation is 1. The number of carbonyl (C=O) groups excluding carboxylic acids is 1. The molecule has 0 saturated carbocycles. The Bertz CT molecular complexity index is 671. The molecule has 23 heavy (non-hydrogen) atoms. The van der Waals surface area contributed by atoms with Gasteiger partial charge in [-0.15, -0.1) is 0 Å². The third kappa shape index (κ3) is 4.42. The van der Waals surface area contributed by atoms with Crippen molar-refractivity contribution >= 4 is 17.4 Å². The average molecular weight is 317 g/mol. The molecule has 6 heteroatoms. The van der Waals surface area contributed by atoms with E-state index in [1.54, 1.807) is 50.4 Å². The van der Waals surface area contributed by atoms with Crippen molar-refractivity contribution in [3.8, 4) is 5.75 Å². The van der Waals surface area contributed by atoms with Crippen LogP contribution in [-0.4, -0.2) is 23.7 Å². The number of anilines is 2. The smallest absolute Gasteiger partial charge is 0.259 e. The van der Waals surface area contributed by atoms with E-state index in [1.807, 2.05) is 0 Å². The molecule has 1 amide bonds. The number of benzene rings is 1. The minimum absolute atomic E-state index is 0.0113. The van der Waals surface area contributed by atoms with Crippen molar-refractivity contribution in [3.63, 3.8) is 0 Å². The number of aromatic nitrogens is 1. The van der Waals surface area contributed by atoms with Gasteiger partial charge in [0.15, 0.2) is 0 Å². The Balaban J connectivity index is 2.09. The molecule has 0 aliphatic rings. The van der Waals surface area contributed by atoms with Crippen LogP contribution in [0.5, 0.6) is 5.75 Å². The first-order valence-electron chi connectivity index (χ1n) is 7.40. The summed E-state index contributed by atoms with van der Waals surface area (Å²) in [7, 11) is 0. The van der Waals surface area contributed by atoms with Gasteiger partial charge in [-0.2, -0.15) is 0 Å². The van der Waals surface area contributed by atoms with Crippen LogP contribution in [0, 0.1) is 6.92 Å². The molecule has 3 N–H and O–H groups in total. The van der Waals surface area contributed by atoms with Crippen LogP contribution < -0.4 is 15.8 Å². The lowest BCUT2D eigenvalue weighted by Gasteiger charge is -2.12. The van der Waals surface area contributed by atoms with Crippen molar-refractivity contribution < 1.29 is 13.9 Å².